The molecule has 1 fully saturated rings. The number of hydrogen-bond donors (Lipinski definition) is 0. The SMILES string of the molecule is O=[N+]([O-])OCCN1CCCC1. The second-order valence-electron chi connectivity index (χ2n) is 2.61. The summed E-state index contributed by atoms with van der Waals surface area (Å²) < 4.78 is 0. The summed E-state index contributed by atoms with van der Waals surface area (Å²) in [5.74, 6) is 0. The van der Waals surface area contributed by atoms with E-state index in [1.54, 1.807) is 0 Å². The van der Waals surface area contributed by atoms with Crippen molar-refractivity contribution in [2.24, 2.45) is 0 Å². The van der Waals surface area contributed by atoms with Crippen molar-refractivity contribution in [1.82, 2.24) is 4.90 Å². The molecule has 0 bridgehead atoms. The van der Waals surface area contributed by atoms with Gasteiger partial charge in [-0.25, -0.2) is 0 Å². The van der Waals surface area contributed by atoms with Crippen molar-refractivity contribution in [3.05, 3.63) is 10.1 Å². The zero-order valence-corrected chi connectivity index (χ0v) is 6.36. The van der Waals surface area contributed by atoms with Gasteiger partial charge in [-0.05, 0) is 25.9 Å². The van der Waals surface area contributed by atoms with E-state index in [2.05, 4.69) is 9.74 Å². The summed E-state index contributed by atoms with van der Waals surface area (Å²) in [6, 6.07) is 0. The molecule has 0 aromatic heterocycles. The standard InChI is InChI=1S/C6H12N2O3/c9-8(10)11-6-5-7-3-1-2-4-7/h1-6H2. The lowest BCUT2D eigenvalue weighted by Gasteiger charge is -2.12. The number of hydrogen-bond acceptors (Lipinski definition) is 4. The molecule has 0 unspecified atom stereocenters. The molecule has 11 heavy (non-hydrogen) atoms. The summed E-state index contributed by atoms with van der Waals surface area (Å²) in [5, 5.41) is 9.00. The van der Waals surface area contributed by atoms with Crippen molar-refractivity contribution in [3.8, 4) is 0 Å². The van der Waals surface area contributed by atoms with Gasteiger partial charge >= 0.3 is 0 Å². The van der Waals surface area contributed by atoms with Crippen molar-refractivity contribution in [2.45, 2.75) is 12.8 Å². The lowest BCUT2D eigenvalue weighted by molar-refractivity contribution is -0.757. The molecule has 0 radical (unpaired) electrons. The quantitative estimate of drug-likeness (QED) is 0.438. The Labute approximate surface area is 65.0 Å². The van der Waals surface area contributed by atoms with Crippen LogP contribution in [0.25, 0.3) is 0 Å². The van der Waals surface area contributed by atoms with Gasteiger partial charge < -0.3 is 9.74 Å². The second-order valence-corrected chi connectivity index (χ2v) is 2.61. The summed E-state index contributed by atoms with van der Waals surface area (Å²) in [7, 11) is 0. The van der Waals surface area contributed by atoms with Crippen LogP contribution in [0.4, 0.5) is 0 Å². The predicted molar refractivity (Wildman–Crippen MR) is 38.6 cm³/mol. The second kappa shape index (κ2) is 4.12. The van der Waals surface area contributed by atoms with Gasteiger partial charge in [0, 0.05) is 6.54 Å². The molecule has 0 aliphatic carbocycles. The van der Waals surface area contributed by atoms with Crippen molar-refractivity contribution in [3.63, 3.8) is 0 Å². The zero-order chi connectivity index (χ0) is 8.10. The number of nitrogens with zero attached hydrogens (tertiary/aromatic N) is 2. The van der Waals surface area contributed by atoms with Gasteiger partial charge in [0.25, 0.3) is 5.09 Å². The van der Waals surface area contributed by atoms with Crippen LogP contribution in [-0.2, 0) is 4.84 Å². The molecular weight excluding hydrogens is 148 g/mol. The highest BCUT2D eigenvalue weighted by molar-refractivity contribution is 4.64. The highest BCUT2D eigenvalue weighted by Gasteiger charge is 2.10. The third kappa shape index (κ3) is 3.18. The van der Waals surface area contributed by atoms with Crippen LogP contribution in [-0.4, -0.2) is 36.2 Å². The maximum Gasteiger partial charge on any atom is 0.294 e. The van der Waals surface area contributed by atoms with E-state index < -0.39 is 5.09 Å². The van der Waals surface area contributed by atoms with E-state index in [1.165, 1.54) is 12.8 Å². The molecule has 0 atom stereocenters. The van der Waals surface area contributed by atoms with Crippen LogP contribution >= 0.6 is 0 Å². The molecule has 1 heterocycles. The molecule has 5 heteroatoms. The normalized spacial score (nSPS) is 18.5. The van der Waals surface area contributed by atoms with Gasteiger partial charge in [0.05, 0.1) is 0 Å². The molecule has 0 aromatic carbocycles. The fourth-order valence-corrected chi connectivity index (χ4v) is 1.25. The van der Waals surface area contributed by atoms with Crippen LogP contribution in [0.15, 0.2) is 0 Å². The summed E-state index contributed by atoms with van der Waals surface area (Å²) >= 11 is 0. The van der Waals surface area contributed by atoms with Crippen LogP contribution in [0.2, 0.25) is 0 Å². The fourth-order valence-electron chi connectivity index (χ4n) is 1.25. The Morgan fingerprint density at radius 1 is 1.45 bits per heavy atom. The highest BCUT2D eigenvalue weighted by Crippen LogP contribution is 2.05. The predicted octanol–water partition coefficient (Wildman–Crippen LogP) is 0.290. The Morgan fingerprint density at radius 2 is 2.09 bits per heavy atom. The van der Waals surface area contributed by atoms with Gasteiger partial charge in [0.2, 0.25) is 0 Å². The molecule has 1 aliphatic rings. The first-order chi connectivity index (χ1) is 5.29. The Balaban J connectivity index is 1.98. The van der Waals surface area contributed by atoms with E-state index in [0.717, 1.165) is 13.1 Å². The van der Waals surface area contributed by atoms with Crippen molar-refractivity contribution in [1.29, 1.82) is 0 Å². The molecular formula is C6H12N2O3. The Hall–Kier alpha value is -0.840. The van der Waals surface area contributed by atoms with E-state index in [-0.39, 0.29) is 6.61 Å². The molecule has 1 rings (SSSR count). The summed E-state index contributed by atoms with van der Waals surface area (Å²) in [4.78, 5) is 16.1. The summed E-state index contributed by atoms with van der Waals surface area (Å²) in [6.07, 6.45) is 2.41. The van der Waals surface area contributed by atoms with Gasteiger partial charge in [0.1, 0.15) is 6.61 Å². The molecule has 1 aliphatic heterocycles. The third-order valence-electron chi connectivity index (χ3n) is 1.80. The van der Waals surface area contributed by atoms with Gasteiger partial charge in [-0.3, -0.25) is 0 Å². The van der Waals surface area contributed by atoms with Crippen LogP contribution in [0, 0.1) is 10.1 Å². The molecule has 64 valence electrons. The smallest absolute Gasteiger partial charge is 0.294 e. The van der Waals surface area contributed by atoms with Crippen molar-refractivity contribution >= 4 is 0 Å². The first kappa shape index (κ1) is 8.26. The average Bonchev–Trinajstić information content (AvgIpc) is 2.39. The molecule has 1 saturated heterocycles. The minimum absolute atomic E-state index is 0.201. The minimum atomic E-state index is -0.740. The molecule has 5 nitrogen and oxygen atoms in total. The average molecular weight is 160 g/mol. The molecule has 0 N–H and O–H groups in total. The minimum Gasteiger partial charge on any atom is -0.313 e. The van der Waals surface area contributed by atoms with E-state index in [4.69, 9.17) is 0 Å². The summed E-state index contributed by atoms with van der Waals surface area (Å²) in [5.41, 5.74) is 0. The van der Waals surface area contributed by atoms with E-state index in [1.807, 2.05) is 0 Å². The van der Waals surface area contributed by atoms with Crippen molar-refractivity contribution in [2.75, 3.05) is 26.2 Å². The van der Waals surface area contributed by atoms with E-state index in [9.17, 15) is 10.1 Å². The fraction of sp³-hybridized carbons (Fsp3) is 1.00. The number of rotatable bonds is 4. The van der Waals surface area contributed by atoms with Gasteiger partial charge in [0.15, 0.2) is 0 Å². The van der Waals surface area contributed by atoms with Crippen LogP contribution < -0.4 is 0 Å². The zero-order valence-electron chi connectivity index (χ0n) is 6.36. The lowest BCUT2D eigenvalue weighted by Crippen LogP contribution is -2.24. The monoisotopic (exact) mass is 160 g/mol. The summed E-state index contributed by atoms with van der Waals surface area (Å²) in [6.45, 7) is 3.00. The first-order valence-electron chi connectivity index (χ1n) is 3.79. The molecule has 0 aromatic rings. The van der Waals surface area contributed by atoms with Gasteiger partial charge in [-0.2, -0.15) is 0 Å². The molecule has 0 saturated carbocycles. The Bertz CT molecular complexity index is 134. The Kier molecular flexibility index (Phi) is 3.10. The third-order valence-corrected chi connectivity index (χ3v) is 1.80. The topological polar surface area (TPSA) is 55.6 Å². The Morgan fingerprint density at radius 3 is 2.64 bits per heavy atom. The number of likely N-dealkylation sites (tertiary alicyclic amines) is 1. The van der Waals surface area contributed by atoms with Crippen LogP contribution in [0.3, 0.4) is 0 Å². The highest BCUT2D eigenvalue weighted by atomic mass is 16.9. The molecule has 0 amide bonds. The van der Waals surface area contributed by atoms with Crippen LogP contribution in [0.1, 0.15) is 12.8 Å². The van der Waals surface area contributed by atoms with Gasteiger partial charge in [-0.1, -0.05) is 0 Å². The van der Waals surface area contributed by atoms with E-state index >= 15 is 0 Å². The van der Waals surface area contributed by atoms with Crippen LogP contribution in [0.5, 0.6) is 0 Å². The van der Waals surface area contributed by atoms with Gasteiger partial charge in [-0.15, -0.1) is 10.1 Å². The lowest BCUT2D eigenvalue weighted by atomic mass is 10.4. The van der Waals surface area contributed by atoms with E-state index in [0.29, 0.717) is 6.54 Å². The maximum absolute atomic E-state index is 9.74. The maximum atomic E-state index is 9.74. The largest absolute Gasteiger partial charge is 0.313 e. The van der Waals surface area contributed by atoms with Crippen molar-refractivity contribution < 1.29 is 9.92 Å². The first-order valence-corrected chi connectivity index (χ1v) is 3.79. The molecule has 0 spiro atoms.